The van der Waals surface area contributed by atoms with E-state index in [0.29, 0.717) is 6.42 Å². The lowest BCUT2D eigenvalue weighted by atomic mass is 10.0. The largest absolute Gasteiger partial charge is 0.496 e. The Balaban J connectivity index is 2.18. The minimum absolute atomic E-state index is 0.121. The zero-order valence-corrected chi connectivity index (χ0v) is 11.3. The van der Waals surface area contributed by atoms with Crippen LogP contribution in [0.1, 0.15) is 22.0 Å². The fourth-order valence-electron chi connectivity index (χ4n) is 1.97. The van der Waals surface area contributed by atoms with E-state index < -0.39 is 0 Å². The molecule has 1 atom stereocenters. The van der Waals surface area contributed by atoms with Crippen molar-refractivity contribution in [2.45, 2.75) is 19.4 Å². The predicted molar refractivity (Wildman–Crippen MR) is 72.6 cm³/mol. The van der Waals surface area contributed by atoms with Crippen molar-refractivity contribution >= 4 is 11.3 Å². The molecule has 2 N–H and O–H groups in total. The van der Waals surface area contributed by atoms with Gasteiger partial charge in [0.2, 0.25) is 0 Å². The molecule has 4 heteroatoms. The third-order valence-corrected chi connectivity index (χ3v) is 3.99. The third kappa shape index (κ3) is 2.71. The highest BCUT2D eigenvalue weighted by molar-refractivity contribution is 7.10. The van der Waals surface area contributed by atoms with Gasteiger partial charge in [-0.1, -0.05) is 6.07 Å². The molecular weight excluding hydrogens is 249 g/mol. The summed E-state index contributed by atoms with van der Waals surface area (Å²) in [5.41, 5.74) is 8.19. The first kappa shape index (κ1) is 13.1. The van der Waals surface area contributed by atoms with Gasteiger partial charge in [-0.25, -0.2) is 4.39 Å². The Morgan fingerprint density at radius 1 is 1.39 bits per heavy atom. The van der Waals surface area contributed by atoms with Gasteiger partial charge in [0, 0.05) is 6.04 Å². The van der Waals surface area contributed by atoms with Crippen molar-refractivity contribution < 1.29 is 9.13 Å². The van der Waals surface area contributed by atoms with Gasteiger partial charge in [0.1, 0.15) is 11.6 Å². The average Bonchev–Trinajstić information content (AvgIpc) is 2.81. The maximum absolute atomic E-state index is 13.0. The molecule has 1 unspecified atom stereocenters. The maximum atomic E-state index is 13.0. The van der Waals surface area contributed by atoms with E-state index in [-0.39, 0.29) is 11.9 Å². The second-order valence-electron chi connectivity index (χ2n) is 4.23. The Kier molecular flexibility index (Phi) is 3.99. The summed E-state index contributed by atoms with van der Waals surface area (Å²) < 4.78 is 18.3. The second kappa shape index (κ2) is 5.50. The Morgan fingerprint density at radius 2 is 2.17 bits per heavy atom. The van der Waals surface area contributed by atoms with Gasteiger partial charge in [0.15, 0.2) is 0 Å². The molecule has 1 heterocycles. The molecule has 2 nitrogen and oxygen atoms in total. The summed E-state index contributed by atoms with van der Waals surface area (Å²) in [6.07, 6.45) is 0.684. The molecule has 0 aliphatic heterocycles. The first-order valence-electron chi connectivity index (χ1n) is 5.74. The van der Waals surface area contributed by atoms with Crippen LogP contribution < -0.4 is 10.5 Å². The Bertz CT molecular complexity index is 538. The van der Waals surface area contributed by atoms with Gasteiger partial charge >= 0.3 is 0 Å². The van der Waals surface area contributed by atoms with E-state index in [1.54, 1.807) is 24.5 Å². The first-order valence-corrected chi connectivity index (χ1v) is 6.61. The molecule has 0 saturated heterocycles. The van der Waals surface area contributed by atoms with E-state index in [1.807, 2.05) is 18.4 Å². The van der Waals surface area contributed by atoms with Gasteiger partial charge < -0.3 is 10.5 Å². The van der Waals surface area contributed by atoms with Gasteiger partial charge in [0.05, 0.1) is 12.0 Å². The van der Waals surface area contributed by atoms with Crippen LogP contribution in [0.2, 0.25) is 0 Å². The van der Waals surface area contributed by atoms with Gasteiger partial charge in [0.25, 0.3) is 0 Å². The van der Waals surface area contributed by atoms with Crippen LogP contribution in [0.4, 0.5) is 4.39 Å². The molecule has 0 radical (unpaired) electrons. The number of thiophene rings is 1. The molecule has 2 aromatic rings. The van der Waals surface area contributed by atoms with E-state index >= 15 is 0 Å². The van der Waals surface area contributed by atoms with Gasteiger partial charge in [-0.2, -0.15) is 0 Å². The lowest BCUT2D eigenvalue weighted by molar-refractivity contribution is 0.409. The monoisotopic (exact) mass is 265 g/mol. The number of hydrogen-bond acceptors (Lipinski definition) is 3. The number of nitrogens with two attached hydrogens (primary N) is 1. The smallest absolute Gasteiger partial charge is 0.134 e. The molecule has 1 aromatic heterocycles. The van der Waals surface area contributed by atoms with Crippen molar-refractivity contribution in [2.75, 3.05) is 7.11 Å². The van der Waals surface area contributed by atoms with Crippen molar-refractivity contribution in [2.24, 2.45) is 5.73 Å². The molecule has 0 aliphatic carbocycles. The van der Waals surface area contributed by atoms with Crippen LogP contribution in [0.25, 0.3) is 0 Å². The lowest BCUT2D eigenvalue weighted by Gasteiger charge is -2.13. The average molecular weight is 265 g/mol. The van der Waals surface area contributed by atoms with E-state index in [4.69, 9.17) is 10.5 Å². The van der Waals surface area contributed by atoms with E-state index in [9.17, 15) is 4.39 Å². The summed E-state index contributed by atoms with van der Waals surface area (Å²) in [6, 6.07) is 6.60. The molecule has 0 fully saturated rings. The van der Waals surface area contributed by atoms with E-state index in [1.165, 1.54) is 12.1 Å². The van der Waals surface area contributed by atoms with Crippen molar-refractivity contribution in [3.8, 4) is 5.75 Å². The number of rotatable bonds is 4. The number of hydrogen-bond donors (Lipinski definition) is 1. The van der Waals surface area contributed by atoms with Crippen LogP contribution in [-0.4, -0.2) is 7.11 Å². The molecule has 0 aliphatic rings. The summed E-state index contributed by atoms with van der Waals surface area (Å²) in [6.45, 7) is 1.90. The van der Waals surface area contributed by atoms with Crippen molar-refractivity contribution in [3.63, 3.8) is 0 Å². The number of methoxy groups -OCH3 is 1. The molecule has 2 rings (SSSR count). The van der Waals surface area contributed by atoms with Crippen LogP contribution in [-0.2, 0) is 6.42 Å². The predicted octanol–water partition coefficient (Wildman–Crippen LogP) is 3.45. The van der Waals surface area contributed by atoms with Crippen molar-refractivity contribution in [1.29, 1.82) is 0 Å². The molecular formula is C14H16FNOS. The Labute approximate surface area is 110 Å². The summed E-state index contributed by atoms with van der Waals surface area (Å²) in [5.74, 6) is 0.616. The van der Waals surface area contributed by atoms with E-state index in [0.717, 1.165) is 21.8 Å². The Morgan fingerprint density at radius 3 is 2.83 bits per heavy atom. The minimum Gasteiger partial charge on any atom is -0.496 e. The van der Waals surface area contributed by atoms with Gasteiger partial charge in [-0.15, -0.1) is 11.3 Å². The fraction of sp³-hybridized carbons (Fsp3) is 0.286. The topological polar surface area (TPSA) is 35.2 Å². The van der Waals surface area contributed by atoms with Crippen LogP contribution in [0.15, 0.2) is 29.6 Å². The highest BCUT2D eigenvalue weighted by atomic mass is 32.1. The number of halogens is 1. The molecule has 96 valence electrons. The zero-order valence-electron chi connectivity index (χ0n) is 10.4. The molecule has 18 heavy (non-hydrogen) atoms. The SMILES string of the molecule is COc1ccsc1C(N)Cc1ccc(F)cc1C. The normalized spacial score (nSPS) is 12.4. The maximum Gasteiger partial charge on any atom is 0.134 e. The summed E-state index contributed by atoms with van der Waals surface area (Å²) in [7, 11) is 1.64. The number of benzene rings is 1. The second-order valence-corrected chi connectivity index (χ2v) is 5.18. The quantitative estimate of drug-likeness (QED) is 0.919. The number of aryl methyl sites for hydroxylation is 1. The molecule has 0 spiro atoms. The molecule has 0 bridgehead atoms. The summed E-state index contributed by atoms with van der Waals surface area (Å²) in [5, 5.41) is 1.96. The van der Waals surface area contributed by atoms with Crippen molar-refractivity contribution in [3.05, 3.63) is 51.5 Å². The van der Waals surface area contributed by atoms with Crippen LogP contribution >= 0.6 is 11.3 Å². The first-order chi connectivity index (χ1) is 8.61. The standard InChI is InChI=1S/C14H16FNOS/c1-9-7-11(15)4-3-10(9)8-12(16)14-13(17-2)5-6-18-14/h3-7,12H,8,16H2,1-2H3. The lowest BCUT2D eigenvalue weighted by Crippen LogP contribution is -2.13. The molecule has 0 saturated carbocycles. The molecule has 0 amide bonds. The highest BCUT2D eigenvalue weighted by Gasteiger charge is 2.15. The molecule has 1 aromatic carbocycles. The van der Waals surface area contributed by atoms with Crippen LogP contribution in [0.5, 0.6) is 5.75 Å². The third-order valence-electron chi connectivity index (χ3n) is 2.96. The summed E-state index contributed by atoms with van der Waals surface area (Å²) >= 11 is 1.59. The highest BCUT2D eigenvalue weighted by Crippen LogP contribution is 2.31. The van der Waals surface area contributed by atoms with Crippen LogP contribution in [0.3, 0.4) is 0 Å². The minimum atomic E-state index is -0.210. The van der Waals surface area contributed by atoms with Gasteiger partial charge in [-0.05, 0) is 48.1 Å². The van der Waals surface area contributed by atoms with Crippen molar-refractivity contribution in [1.82, 2.24) is 0 Å². The van der Waals surface area contributed by atoms with E-state index in [2.05, 4.69) is 0 Å². The Hall–Kier alpha value is -1.39. The van der Waals surface area contributed by atoms with Gasteiger partial charge in [-0.3, -0.25) is 0 Å². The van der Waals surface area contributed by atoms with Crippen LogP contribution in [0, 0.1) is 12.7 Å². The fourth-order valence-corrected chi connectivity index (χ4v) is 2.83. The summed E-state index contributed by atoms with van der Waals surface area (Å²) in [4.78, 5) is 1.03. The zero-order chi connectivity index (χ0) is 13.1. The number of ether oxygens (including phenoxy) is 1.